The van der Waals surface area contributed by atoms with Crippen molar-refractivity contribution in [1.82, 2.24) is 0 Å². The van der Waals surface area contributed by atoms with Crippen LogP contribution in [-0.2, 0) is 10.9 Å². The van der Waals surface area contributed by atoms with E-state index in [0.717, 1.165) is 6.07 Å². The van der Waals surface area contributed by atoms with E-state index >= 15 is 0 Å². The van der Waals surface area contributed by atoms with Crippen LogP contribution >= 0.6 is 0 Å². The molecule has 1 N–H and O–H groups in total. The summed E-state index contributed by atoms with van der Waals surface area (Å²) in [7, 11) is 1.22. The van der Waals surface area contributed by atoms with Gasteiger partial charge in [-0.2, -0.15) is 13.2 Å². The second-order valence-corrected chi connectivity index (χ2v) is 6.91. The number of aromatic carboxylic acids is 1. The van der Waals surface area contributed by atoms with Gasteiger partial charge in [0.15, 0.2) is 0 Å². The standard InChI is InChI=1S/C25H17F3O5/c1-15-13-19(23(29)30)7-6-17(15)5-3-16-4-12-21(25(26,27)28)22(14-16)33-20-10-8-18(9-11-20)24(31)32-2/h4,6-14H,1-2H3,(H,29,30). The first kappa shape index (κ1) is 23.4. The van der Waals surface area contributed by atoms with Crippen molar-refractivity contribution >= 4 is 11.9 Å². The van der Waals surface area contributed by atoms with Gasteiger partial charge in [-0.05, 0) is 73.2 Å². The van der Waals surface area contributed by atoms with Gasteiger partial charge in [0, 0.05) is 11.1 Å². The summed E-state index contributed by atoms with van der Waals surface area (Å²) in [6.45, 7) is 1.69. The average Bonchev–Trinajstić information content (AvgIpc) is 2.77. The van der Waals surface area contributed by atoms with Gasteiger partial charge in [0.2, 0.25) is 0 Å². The Labute approximate surface area is 187 Å². The summed E-state index contributed by atoms with van der Waals surface area (Å²) < 4.78 is 50.5. The number of rotatable bonds is 4. The number of methoxy groups -OCH3 is 1. The van der Waals surface area contributed by atoms with Crippen molar-refractivity contribution in [2.75, 3.05) is 7.11 Å². The van der Waals surface area contributed by atoms with Crippen LogP contribution in [0.5, 0.6) is 11.5 Å². The van der Waals surface area contributed by atoms with Crippen molar-refractivity contribution in [2.24, 2.45) is 0 Å². The fourth-order valence-electron chi connectivity index (χ4n) is 2.90. The lowest BCUT2D eigenvalue weighted by Crippen LogP contribution is -2.07. The highest BCUT2D eigenvalue weighted by atomic mass is 19.4. The van der Waals surface area contributed by atoms with E-state index in [9.17, 15) is 22.8 Å². The highest BCUT2D eigenvalue weighted by Gasteiger charge is 2.34. The van der Waals surface area contributed by atoms with Gasteiger partial charge in [-0.25, -0.2) is 9.59 Å². The van der Waals surface area contributed by atoms with Gasteiger partial charge in [0.05, 0.1) is 23.8 Å². The van der Waals surface area contributed by atoms with Gasteiger partial charge in [-0.3, -0.25) is 0 Å². The number of carboxylic acid groups (broad SMARTS) is 1. The number of hydrogen-bond acceptors (Lipinski definition) is 4. The third-order valence-electron chi connectivity index (χ3n) is 4.61. The first-order valence-electron chi connectivity index (χ1n) is 9.52. The SMILES string of the molecule is COC(=O)c1ccc(Oc2cc(C#Cc3ccc(C(=O)O)cc3C)ccc2C(F)(F)F)cc1. The molecule has 0 aromatic heterocycles. The lowest BCUT2D eigenvalue weighted by atomic mass is 10.0. The molecule has 0 aliphatic carbocycles. The van der Waals surface area contributed by atoms with Crippen LogP contribution in [0.1, 0.15) is 43.0 Å². The van der Waals surface area contributed by atoms with E-state index in [1.165, 1.54) is 61.7 Å². The second kappa shape index (κ2) is 9.49. The second-order valence-electron chi connectivity index (χ2n) is 6.91. The summed E-state index contributed by atoms with van der Waals surface area (Å²) in [6, 6.07) is 13.2. The smallest absolute Gasteiger partial charge is 0.419 e. The van der Waals surface area contributed by atoms with E-state index in [4.69, 9.17) is 9.84 Å². The normalized spacial score (nSPS) is 10.7. The molecule has 8 heteroatoms. The summed E-state index contributed by atoms with van der Waals surface area (Å²) in [5.74, 6) is 3.62. The van der Waals surface area contributed by atoms with Crippen LogP contribution in [-0.4, -0.2) is 24.2 Å². The number of esters is 1. The lowest BCUT2D eigenvalue weighted by molar-refractivity contribution is -0.138. The number of aryl methyl sites for hydroxylation is 1. The van der Waals surface area contributed by atoms with E-state index in [0.29, 0.717) is 11.1 Å². The molecule has 168 valence electrons. The molecule has 0 atom stereocenters. The molecule has 0 aliphatic heterocycles. The van der Waals surface area contributed by atoms with Crippen LogP contribution in [0.2, 0.25) is 0 Å². The van der Waals surface area contributed by atoms with Crippen LogP contribution in [0, 0.1) is 18.8 Å². The molecule has 0 saturated heterocycles. The third kappa shape index (κ3) is 5.71. The van der Waals surface area contributed by atoms with Crippen LogP contribution in [0.15, 0.2) is 60.7 Å². The van der Waals surface area contributed by atoms with E-state index in [1.54, 1.807) is 6.92 Å². The molecule has 33 heavy (non-hydrogen) atoms. The zero-order chi connectivity index (χ0) is 24.2. The van der Waals surface area contributed by atoms with Crippen LogP contribution in [0.3, 0.4) is 0 Å². The van der Waals surface area contributed by atoms with Crippen LogP contribution < -0.4 is 4.74 Å². The Bertz CT molecular complexity index is 1270. The fraction of sp³-hybridized carbons (Fsp3) is 0.120. The van der Waals surface area contributed by atoms with Gasteiger partial charge >= 0.3 is 18.1 Å². The number of carbonyl (C=O) groups is 2. The minimum atomic E-state index is -4.66. The maximum Gasteiger partial charge on any atom is 0.419 e. The lowest BCUT2D eigenvalue weighted by Gasteiger charge is -2.14. The Hall–Kier alpha value is -4.25. The summed E-state index contributed by atoms with van der Waals surface area (Å²) in [6.07, 6.45) is -4.66. The van der Waals surface area contributed by atoms with Crippen LogP contribution in [0.4, 0.5) is 13.2 Å². The van der Waals surface area contributed by atoms with Gasteiger partial charge in [0.1, 0.15) is 11.5 Å². The molecular formula is C25H17F3O5. The maximum atomic E-state index is 13.5. The topological polar surface area (TPSA) is 72.8 Å². The fourth-order valence-corrected chi connectivity index (χ4v) is 2.90. The van der Waals surface area contributed by atoms with Crippen molar-refractivity contribution in [3.63, 3.8) is 0 Å². The third-order valence-corrected chi connectivity index (χ3v) is 4.61. The van der Waals surface area contributed by atoms with Crippen molar-refractivity contribution in [3.8, 4) is 23.3 Å². The molecule has 0 amide bonds. The van der Waals surface area contributed by atoms with Crippen molar-refractivity contribution < 1.29 is 37.3 Å². The van der Waals surface area contributed by atoms with E-state index in [1.807, 2.05) is 0 Å². The zero-order valence-corrected chi connectivity index (χ0v) is 17.5. The van der Waals surface area contributed by atoms with E-state index in [2.05, 4.69) is 16.6 Å². The number of halogens is 3. The summed E-state index contributed by atoms with van der Waals surface area (Å²) in [5.41, 5.74) is 0.793. The number of ether oxygens (including phenoxy) is 2. The predicted octanol–water partition coefficient (Wildman–Crippen LogP) is 5.69. The number of carboxylic acids is 1. The molecule has 5 nitrogen and oxygen atoms in total. The van der Waals surface area contributed by atoms with Crippen LogP contribution in [0.25, 0.3) is 0 Å². The van der Waals surface area contributed by atoms with Gasteiger partial charge in [-0.1, -0.05) is 11.8 Å². The summed E-state index contributed by atoms with van der Waals surface area (Å²) in [5, 5.41) is 9.04. The molecule has 0 saturated carbocycles. The molecule has 0 spiro atoms. The van der Waals surface area contributed by atoms with Gasteiger partial charge in [0.25, 0.3) is 0 Å². The highest BCUT2D eigenvalue weighted by molar-refractivity contribution is 5.89. The van der Waals surface area contributed by atoms with Crippen molar-refractivity contribution in [3.05, 3.63) is 94.0 Å². The summed E-state index contributed by atoms with van der Waals surface area (Å²) in [4.78, 5) is 22.6. The molecule has 0 bridgehead atoms. The van der Waals surface area contributed by atoms with Gasteiger partial charge < -0.3 is 14.6 Å². The summed E-state index contributed by atoms with van der Waals surface area (Å²) >= 11 is 0. The van der Waals surface area contributed by atoms with Crippen molar-refractivity contribution in [2.45, 2.75) is 13.1 Å². The molecule has 0 aliphatic rings. The Morgan fingerprint density at radius 2 is 1.58 bits per heavy atom. The molecule has 3 aromatic rings. The Morgan fingerprint density at radius 1 is 0.909 bits per heavy atom. The first-order valence-corrected chi connectivity index (χ1v) is 9.52. The first-order chi connectivity index (χ1) is 15.6. The molecule has 3 rings (SSSR count). The Morgan fingerprint density at radius 3 is 2.15 bits per heavy atom. The zero-order valence-electron chi connectivity index (χ0n) is 17.5. The number of carbonyl (C=O) groups excluding carboxylic acids is 1. The molecule has 0 radical (unpaired) electrons. The molecule has 0 heterocycles. The Balaban J connectivity index is 1.94. The maximum absolute atomic E-state index is 13.5. The molecule has 0 unspecified atom stereocenters. The largest absolute Gasteiger partial charge is 0.478 e. The number of hydrogen-bond donors (Lipinski definition) is 1. The predicted molar refractivity (Wildman–Crippen MR) is 113 cm³/mol. The molecular weight excluding hydrogens is 437 g/mol. The van der Waals surface area contributed by atoms with Gasteiger partial charge in [-0.15, -0.1) is 0 Å². The number of alkyl halides is 3. The Kier molecular flexibility index (Phi) is 6.73. The molecule has 0 fully saturated rings. The molecule has 3 aromatic carbocycles. The minimum Gasteiger partial charge on any atom is -0.478 e. The monoisotopic (exact) mass is 454 g/mol. The number of benzene rings is 3. The minimum absolute atomic E-state index is 0.0957. The quantitative estimate of drug-likeness (QED) is 0.405. The van der Waals surface area contributed by atoms with Crippen molar-refractivity contribution in [1.29, 1.82) is 0 Å². The average molecular weight is 454 g/mol. The highest BCUT2D eigenvalue weighted by Crippen LogP contribution is 2.38. The van der Waals surface area contributed by atoms with E-state index < -0.39 is 29.4 Å². The van der Waals surface area contributed by atoms with E-state index in [-0.39, 0.29) is 22.4 Å².